The topological polar surface area (TPSA) is 15.3 Å². The first-order valence-corrected chi connectivity index (χ1v) is 5.77. The summed E-state index contributed by atoms with van der Waals surface area (Å²) in [5.41, 5.74) is 1.71. The zero-order chi connectivity index (χ0) is 12.0. The van der Waals surface area contributed by atoms with Crippen molar-refractivity contribution in [3.05, 3.63) is 35.1 Å². The molecule has 0 aliphatic rings. The summed E-state index contributed by atoms with van der Waals surface area (Å²) in [6.07, 6.45) is 0. The van der Waals surface area contributed by atoms with Crippen LogP contribution in [0.4, 0.5) is 4.39 Å². The number of hydrogen-bond acceptors (Lipinski definition) is 2. The Bertz CT molecular complexity index is 326. The van der Waals surface area contributed by atoms with E-state index in [1.165, 1.54) is 0 Å². The van der Waals surface area contributed by atoms with Crippen LogP contribution < -0.4 is 5.32 Å². The van der Waals surface area contributed by atoms with Crippen molar-refractivity contribution in [2.75, 3.05) is 26.7 Å². The Hall–Kier alpha value is -0.930. The van der Waals surface area contributed by atoms with E-state index in [4.69, 9.17) is 0 Å². The van der Waals surface area contributed by atoms with Gasteiger partial charge in [0, 0.05) is 25.2 Å². The molecule has 0 bridgehead atoms. The van der Waals surface area contributed by atoms with Crippen LogP contribution in [0.5, 0.6) is 0 Å². The lowest BCUT2D eigenvalue weighted by molar-refractivity contribution is 0.348. The van der Waals surface area contributed by atoms with E-state index < -0.39 is 0 Å². The molecule has 0 unspecified atom stereocenters. The molecule has 1 aromatic carbocycles. The number of nitrogens with zero attached hydrogens (tertiary/aromatic N) is 1. The van der Waals surface area contributed by atoms with Crippen LogP contribution in [0.1, 0.15) is 18.1 Å². The summed E-state index contributed by atoms with van der Waals surface area (Å²) in [5.74, 6) is -0.114. The quantitative estimate of drug-likeness (QED) is 0.745. The number of benzene rings is 1. The van der Waals surface area contributed by atoms with Crippen molar-refractivity contribution in [3.63, 3.8) is 0 Å². The summed E-state index contributed by atoms with van der Waals surface area (Å²) >= 11 is 0. The van der Waals surface area contributed by atoms with Gasteiger partial charge in [0.05, 0.1) is 0 Å². The van der Waals surface area contributed by atoms with Gasteiger partial charge in [-0.05, 0) is 32.1 Å². The van der Waals surface area contributed by atoms with Crippen molar-refractivity contribution in [2.24, 2.45) is 0 Å². The van der Waals surface area contributed by atoms with Crippen molar-refractivity contribution in [1.82, 2.24) is 10.2 Å². The highest BCUT2D eigenvalue weighted by Crippen LogP contribution is 2.09. The van der Waals surface area contributed by atoms with Gasteiger partial charge in [0.1, 0.15) is 5.82 Å². The molecule has 0 saturated heterocycles. The molecule has 2 nitrogen and oxygen atoms in total. The Balaban J connectivity index is 2.32. The van der Waals surface area contributed by atoms with E-state index in [9.17, 15) is 4.39 Å². The molecule has 0 spiro atoms. The molecule has 0 amide bonds. The molecule has 1 aromatic rings. The second-order valence-corrected chi connectivity index (χ2v) is 4.17. The third kappa shape index (κ3) is 4.29. The monoisotopic (exact) mass is 224 g/mol. The molecule has 0 heterocycles. The maximum Gasteiger partial charge on any atom is 0.127 e. The lowest BCUT2D eigenvalue weighted by Gasteiger charge is -2.14. The molecule has 0 radical (unpaired) electrons. The van der Waals surface area contributed by atoms with E-state index in [0.29, 0.717) is 6.54 Å². The van der Waals surface area contributed by atoms with E-state index in [-0.39, 0.29) is 5.82 Å². The minimum Gasteiger partial charge on any atom is -0.311 e. The Morgan fingerprint density at radius 2 is 2.12 bits per heavy atom. The van der Waals surface area contributed by atoms with Crippen LogP contribution in [-0.2, 0) is 6.54 Å². The van der Waals surface area contributed by atoms with Crippen LogP contribution in [0.15, 0.2) is 18.2 Å². The zero-order valence-corrected chi connectivity index (χ0v) is 10.4. The standard InChI is InChI=1S/C13H21FN2/c1-4-16(3)8-7-15-10-12-6-5-11(2)9-13(12)14/h5-6,9,15H,4,7-8,10H2,1-3H3. The SMILES string of the molecule is CCN(C)CCNCc1ccc(C)cc1F. The van der Waals surface area contributed by atoms with Crippen molar-refractivity contribution in [1.29, 1.82) is 0 Å². The minimum atomic E-state index is -0.114. The number of nitrogens with one attached hydrogen (secondary N) is 1. The molecular formula is C13H21FN2. The molecule has 3 heteroatoms. The summed E-state index contributed by atoms with van der Waals surface area (Å²) in [7, 11) is 2.08. The lowest BCUT2D eigenvalue weighted by atomic mass is 10.1. The minimum absolute atomic E-state index is 0.114. The summed E-state index contributed by atoms with van der Waals surface area (Å²) < 4.78 is 13.5. The van der Waals surface area contributed by atoms with Crippen LogP contribution in [-0.4, -0.2) is 31.6 Å². The number of likely N-dealkylation sites (N-methyl/N-ethyl adjacent to an activating group) is 1. The van der Waals surface area contributed by atoms with Gasteiger partial charge in [-0.1, -0.05) is 19.1 Å². The molecule has 16 heavy (non-hydrogen) atoms. The summed E-state index contributed by atoms with van der Waals surface area (Å²) in [6.45, 7) is 7.54. The Labute approximate surface area is 97.5 Å². The van der Waals surface area contributed by atoms with Gasteiger partial charge in [-0.3, -0.25) is 0 Å². The van der Waals surface area contributed by atoms with Gasteiger partial charge in [0.15, 0.2) is 0 Å². The summed E-state index contributed by atoms with van der Waals surface area (Å²) in [4.78, 5) is 2.22. The van der Waals surface area contributed by atoms with Crippen molar-refractivity contribution >= 4 is 0 Å². The van der Waals surface area contributed by atoms with Gasteiger partial charge >= 0.3 is 0 Å². The second-order valence-electron chi connectivity index (χ2n) is 4.17. The maximum atomic E-state index is 13.5. The van der Waals surface area contributed by atoms with E-state index in [0.717, 1.165) is 30.8 Å². The fourth-order valence-electron chi connectivity index (χ4n) is 1.45. The molecule has 0 saturated carbocycles. The van der Waals surface area contributed by atoms with Crippen LogP contribution in [0.25, 0.3) is 0 Å². The van der Waals surface area contributed by atoms with Crippen LogP contribution >= 0.6 is 0 Å². The van der Waals surface area contributed by atoms with Crippen molar-refractivity contribution in [2.45, 2.75) is 20.4 Å². The predicted molar refractivity (Wildman–Crippen MR) is 66.0 cm³/mol. The fourth-order valence-corrected chi connectivity index (χ4v) is 1.45. The average molecular weight is 224 g/mol. The van der Waals surface area contributed by atoms with Crippen molar-refractivity contribution in [3.8, 4) is 0 Å². The first-order valence-electron chi connectivity index (χ1n) is 5.77. The molecule has 0 aromatic heterocycles. The van der Waals surface area contributed by atoms with Gasteiger partial charge in [0.25, 0.3) is 0 Å². The average Bonchev–Trinajstić information content (AvgIpc) is 2.26. The molecule has 0 aliphatic carbocycles. The summed E-state index contributed by atoms with van der Waals surface area (Å²) in [5, 5.41) is 3.25. The fraction of sp³-hybridized carbons (Fsp3) is 0.538. The number of halogens is 1. The van der Waals surface area contributed by atoms with Crippen LogP contribution in [0, 0.1) is 12.7 Å². The number of rotatable bonds is 6. The van der Waals surface area contributed by atoms with Gasteiger partial charge in [-0.15, -0.1) is 0 Å². The summed E-state index contributed by atoms with van der Waals surface area (Å²) in [6, 6.07) is 5.37. The first-order chi connectivity index (χ1) is 7.63. The third-order valence-corrected chi connectivity index (χ3v) is 2.73. The molecule has 1 rings (SSSR count). The first kappa shape index (κ1) is 13.1. The van der Waals surface area contributed by atoms with Gasteiger partial charge < -0.3 is 10.2 Å². The highest BCUT2D eigenvalue weighted by molar-refractivity contribution is 5.23. The van der Waals surface area contributed by atoms with Crippen LogP contribution in [0.2, 0.25) is 0 Å². The smallest absolute Gasteiger partial charge is 0.127 e. The second kappa shape index (κ2) is 6.61. The number of aryl methyl sites for hydroxylation is 1. The lowest BCUT2D eigenvalue weighted by Crippen LogP contribution is -2.28. The molecular weight excluding hydrogens is 203 g/mol. The van der Waals surface area contributed by atoms with E-state index in [2.05, 4.69) is 24.2 Å². The van der Waals surface area contributed by atoms with Gasteiger partial charge in [-0.2, -0.15) is 0 Å². The molecule has 0 atom stereocenters. The highest BCUT2D eigenvalue weighted by atomic mass is 19.1. The van der Waals surface area contributed by atoms with Gasteiger partial charge in [0.2, 0.25) is 0 Å². The molecule has 1 N–H and O–H groups in total. The van der Waals surface area contributed by atoms with E-state index in [1.54, 1.807) is 6.07 Å². The normalized spacial score (nSPS) is 11.1. The molecule has 0 fully saturated rings. The number of hydrogen-bond donors (Lipinski definition) is 1. The Morgan fingerprint density at radius 1 is 1.38 bits per heavy atom. The molecule has 90 valence electrons. The van der Waals surface area contributed by atoms with Crippen molar-refractivity contribution < 1.29 is 4.39 Å². The Kier molecular flexibility index (Phi) is 5.43. The Morgan fingerprint density at radius 3 is 2.75 bits per heavy atom. The third-order valence-electron chi connectivity index (χ3n) is 2.73. The zero-order valence-electron chi connectivity index (χ0n) is 10.4. The molecule has 0 aliphatic heterocycles. The van der Waals surface area contributed by atoms with Crippen LogP contribution in [0.3, 0.4) is 0 Å². The predicted octanol–water partition coefficient (Wildman–Crippen LogP) is 2.18. The van der Waals surface area contributed by atoms with E-state index in [1.807, 2.05) is 19.1 Å². The highest BCUT2D eigenvalue weighted by Gasteiger charge is 2.01. The van der Waals surface area contributed by atoms with E-state index >= 15 is 0 Å². The largest absolute Gasteiger partial charge is 0.311 e. The van der Waals surface area contributed by atoms with Gasteiger partial charge in [-0.25, -0.2) is 4.39 Å². The maximum absolute atomic E-state index is 13.5.